The van der Waals surface area contributed by atoms with Crippen LogP contribution in [0, 0.1) is 0 Å². The van der Waals surface area contributed by atoms with Crippen molar-refractivity contribution < 1.29 is 22.4 Å². The minimum Gasteiger partial charge on any atom is -0.467 e. The number of carbonyl (C=O) groups excluding carboxylic acids is 1. The van der Waals surface area contributed by atoms with E-state index < -0.39 is 22.7 Å². The number of amides is 1. The van der Waals surface area contributed by atoms with Crippen molar-refractivity contribution in [3.8, 4) is 0 Å². The standard InChI is InChI=1S/C20H19ClF3N5O2S/c21-16-6-5-13(10-15(16)20(22,23)24)25-17(30)12-32-19-27-26-18(28-7-1-2-8-28)29(19)11-14-4-3-9-31-14/h3-6,9-10H,1-2,7-8,11-12H2,(H,25,30). The predicted molar refractivity (Wildman–Crippen MR) is 115 cm³/mol. The van der Waals surface area contributed by atoms with E-state index >= 15 is 0 Å². The highest BCUT2D eigenvalue weighted by Gasteiger charge is 2.33. The van der Waals surface area contributed by atoms with Crippen molar-refractivity contribution in [1.29, 1.82) is 0 Å². The number of hydrogen-bond acceptors (Lipinski definition) is 6. The van der Waals surface area contributed by atoms with Crippen LogP contribution in [0.3, 0.4) is 0 Å². The average molecular weight is 486 g/mol. The summed E-state index contributed by atoms with van der Waals surface area (Å²) in [7, 11) is 0. The number of benzene rings is 1. The summed E-state index contributed by atoms with van der Waals surface area (Å²) in [6.07, 6.45) is -0.892. The average Bonchev–Trinajstić information content (AvgIpc) is 3.49. The van der Waals surface area contributed by atoms with Gasteiger partial charge in [0.1, 0.15) is 5.76 Å². The van der Waals surface area contributed by atoms with Crippen molar-refractivity contribution in [3.63, 3.8) is 0 Å². The van der Waals surface area contributed by atoms with Gasteiger partial charge in [-0.05, 0) is 43.2 Å². The number of furan rings is 1. The van der Waals surface area contributed by atoms with Gasteiger partial charge < -0.3 is 14.6 Å². The number of halogens is 4. The first kappa shape index (κ1) is 22.5. The summed E-state index contributed by atoms with van der Waals surface area (Å²) in [6.45, 7) is 2.15. The molecule has 1 aliphatic rings. The zero-order valence-corrected chi connectivity index (χ0v) is 18.3. The quantitative estimate of drug-likeness (QED) is 0.479. The first-order chi connectivity index (χ1) is 15.3. The summed E-state index contributed by atoms with van der Waals surface area (Å²) in [5.41, 5.74) is -0.986. The highest BCUT2D eigenvalue weighted by Crippen LogP contribution is 2.36. The Balaban J connectivity index is 1.46. The lowest BCUT2D eigenvalue weighted by Crippen LogP contribution is -2.23. The maximum atomic E-state index is 13.0. The van der Waals surface area contributed by atoms with Crippen LogP contribution in [0.1, 0.15) is 24.2 Å². The summed E-state index contributed by atoms with van der Waals surface area (Å²) in [4.78, 5) is 14.5. The van der Waals surface area contributed by atoms with E-state index in [1.165, 1.54) is 6.07 Å². The highest BCUT2D eigenvalue weighted by molar-refractivity contribution is 7.99. The van der Waals surface area contributed by atoms with Crippen LogP contribution in [0.4, 0.5) is 24.8 Å². The largest absolute Gasteiger partial charge is 0.467 e. The smallest absolute Gasteiger partial charge is 0.417 e. The molecule has 170 valence electrons. The molecule has 2 aromatic heterocycles. The molecular formula is C20H19ClF3N5O2S. The molecule has 1 amide bonds. The summed E-state index contributed by atoms with van der Waals surface area (Å²) >= 11 is 6.77. The van der Waals surface area contributed by atoms with Gasteiger partial charge in [0.2, 0.25) is 11.9 Å². The monoisotopic (exact) mass is 485 g/mol. The summed E-state index contributed by atoms with van der Waals surface area (Å²) in [5, 5.41) is 11.1. The fraction of sp³-hybridized carbons (Fsp3) is 0.350. The molecule has 0 atom stereocenters. The number of alkyl halides is 3. The van der Waals surface area contributed by atoms with Gasteiger partial charge in [0, 0.05) is 18.8 Å². The fourth-order valence-corrected chi connectivity index (χ4v) is 4.34. The molecule has 12 heteroatoms. The number of hydrogen-bond donors (Lipinski definition) is 1. The molecule has 1 N–H and O–H groups in total. The molecule has 0 radical (unpaired) electrons. The van der Waals surface area contributed by atoms with Gasteiger partial charge >= 0.3 is 6.18 Å². The minimum atomic E-state index is -4.61. The van der Waals surface area contributed by atoms with E-state index in [0.717, 1.165) is 55.6 Å². The van der Waals surface area contributed by atoms with Crippen LogP contribution < -0.4 is 10.2 Å². The third kappa shape index (κ3) is 5.21. The van der Waals surface area contributed by atoms with Gasteiger partial charge in [0.25, 0.3) is 0 Å². The molecule has 0 spiro atoms. The molecular weight excluding hydrogens is 467 g/mol. The van der Waals surface area contributed by atoms with E-state index in [2.05, 4.69) is 20.4 Å². The lowest BCUT2D eigenvalue weighted by atomic mass is 10.2. The van der Waals surface area contributed by atoms with Crippen LogP contribution in [-0.2, 0) is 17.5 Å². The van der Waals surface area contributed by atoms with Crippen molar-refractivity contribution in [1.82, 2.24) is 14.8 Å². The Hall–Kier alpha value is -2.66. The Kier molecular flexibility index (Phi) is 6.66. The highest BCUT2D eigenvalue weighted by atomic mass is 35.5. The van der Waals surface area contributed by atoms with Crippen molar-refractivity contribution in [3.05, 3.63) is 52.9 Å². The van der Waals surface area contributed by atoms with E-state index in [1.54, 1.807) is 12.3 Å². The number of aromatic nitrogens is 3. The number of anilines is 2. The molecule has 1 saturated heterocycles. The topological polar surface area (TPSA) is 76.2 Å². The second kappa shape index (κ2) is 9.45. The Morgan fingerprint density at radius 1 is 1.22 bits per heavy atom. The van der Waals surface area contributed by atoms with Crippen LogP contribution in [0.2, 0.25) is 5.02 Å². The molecule has 0 bridgehead atoms. The first-order valence-corrected chi connectivity index (χ1v) is 11.2. The van der Waals surface area contributed by atoms with Crippen LogP contribution in [0.25, 0.3) is 0 Å². The van der Waals surface area contributed by atoms with Crippen LogP contribution >= 0.6 is 23.4 Å². The van der Waals surface area contributed by atoms with E-state index in [9.17, 15) is 18.0 Å². The number of nitrogens with zero attached hydrogens (tertiary/aromatic N) is 4. The number of thioether (sulfide) groups is 1. The summed E-state index contributed by atoms with van der Waals surface area (Å²) in [5.74, 6) is 0.896. The van der Waals surface area contributed by atoms with Crippen molar-refractivity contribution in [2.45, 2.75) is 30.7 Å². The van der Waals surface area contributed by atoms with Crippen LogP contribution in [-0.4, -0.2) is 39.5 Å². The van der Waals surface area contributed by atoms with Crippen molar-refractivity contribution >= 4 is 40.9 Å². The zero-order chi connectivity index (χ0) is 22.7. The maximum absolute atomic E-state index is 13.0. The Morgan fingerprint density at radius 3 is 2.69 bits per heavy atom. The van der Waals surface area contributed by atoms with E-state index in [1.807, 2.05) is 10.6 Å². The molecule has 3 heterocycles. The van der Waals surface area contributed by atoms with Gasteiger partial charge in [-0.1, -0.05) is 23.4 Å². The Morgan fingerprint density at radius 2 is 2.00 bits per heavy atom. The van der Waals surface area contributed by atoms with Gasteiger partial charge in [-0.2, -0.15) is 13.2 Å². The van der Waals surface area contributed by atoms with E-state index in [4.69, 9.17) is 16.0 Å². The van der Waals surface area contributed by atoms with E-state index in [0.29, 0.717) is 17.6 Å². The molecule has 1 aliphatic heterocycles. The van der Waals surface area contributed by atoms with Crippen LogP contribution in [0.15, 0.2) is 46.2 Å². The maximum Gasteiger partial charge on any atom is 0.417 e. The third-order valence-corrected chi connectivity index (χ3v) is 6.16. The minimum absolute atomic E-state index is 0.0159. The molecule has 7 nitrogen and oxygen atoms in total. The molecule has 1 aromatic carbocycles. The molecule has 3 aromatic rings. The second-order valence-electron chi connectivity index (χ2n) is 7.17. The fourth-order valence-electron chi connectivity index (χ4n) is 3.38. The third-order valence-electron chi connectivity index (χ3n) is 4.87. The van der Waals surface area contributed by atoms with Gasteiger partial charge in [-0.25, -0.2) is 0 Å². The molecule has 0 unspecified atom stereocenters. The lowest BCUT2D eigenvalue weighted by Gasteiger charge is -2.17. The number of carbonyl (C=O) groups is 1. The summed E-state index contributed by atoms with van der Waals surface area (Å²) in [6, 6.07) is 6.88. The van der Waals surface area contributed by atoms with Crippen molar-refractivity contribution in [2.24, 2.45) is 0 Å². The molecule has 32 heavy (non-hydrogen) atoms. The van der Waals surface area contributed by atoms with E-state index in [-0.39, 0.29) is 11.4 Å². The Labute approximate surface area is 190 Å². The molecule has 0 aliphatic carbocycles. The van der Waals surface area contributed by atoms with Crippen LogP contribution in [0.5, 0.6) is 0 Å². The zero-order valence-electron chi connectivity index (χ0n) is 16.7. The molecule has 4 rings (SSSR count). The molecule has 0 saturated carbocycles. The van der Waals surface area contributed by atoms with Gasteiger partial charge in [0.15, 0.2) is 5.16 Å². The van der Waals surface area contributed by atoms with Gasteiger partial charge in [0.05, 0.1) is 29.1 Å². The normalized spacial score (nSPS) is 14.2. The predicted octanol–water partition coefficient (Wildman–Crippen LogP) is 4.92. The Bertz CT molecular complexity index is 1080. The SMILES string of the molecule is O=C(CSc1nnc(N2CCCC2)n1Cc1ccco1)Nc1ccc(Cl)c(C(F)(F)F)c1. The summed E-state index contributed by atoms with van der Waals surface area (Å²) < 4.78 is 46.4. The van der Waals surface area contributed by atoms with Crippen molar-refractivity contribution in [2.75, 3.05) is 29.1 Å². The van der Waals surface area contributed by atoms with Gasteiger partial charge in [-0.15, -0.1) is 10.2 Å². The first-order valence-electron chi connectivity index (χ1n) is 9.81. The van der Waals surface area contributed by atoms with Gasteiger partial charge in [-0.3, -0.25) is 9.36 Å². The lowest BCUT2D eigenvalue weighted by molar-refractivity contribution is -0.137. The number of nitrogens with one attached hydrogen (secondary N) is 1. The second-order valence-corrected chi connectivity index (χ2v) is 8.52. The number of rotatable bonds is 7. The molecule has 1 fully saturated rings.